The summed E-state index contributed by atoms with van der Waals surface area (Å²) in [6.45, 7) is 0.916. The van der Waals surface area contributed by atoms with Crippen LogP contribution in [0.2, 0.25) is 0 Å². The maximum absolute atomic E-state index is 14.2. The Morgan fingerprint density at radius 2 is 1.70 bits per heavy atom. The first-order chi connectivity index (χ1) is 14.5. The summed E-state index contributed by atoms with van der Waals surface area (Å²) in [5.41, 5.74) is 2.26. The topological polar surface area (TPSA) is 53.4 Å². The molecule has 0 aliphatic heterocycles. The molecule has 0 aliphatic carbocycles. The molecule has 1 aromatic heterocycles. The number of fused-ring (bicyclic) bond motifs is 1. The van der Waals surface area contributed by atoms with Gasteiger partial charge in [-0.05, 0) is 47.9 Å². The van der Waals surface area contributed by atoms with Gasteiger partial charge in [0.25, 0.3) is 0 Å². The normalized spacial score (nSPS) is 11.0. The highest BCUT2D eigenvalue weighted by Crippen LogP contribution is 2.31. The molecular formula is C23H18F2N2O2S. The molecule has 0 amide bonds. The summed E-state index contributed by atoms with van der Waals surface area (Å²) in [5, 5.41) is 9.72. The number of carboxylic acids is 1. The highest BCUT2D eigenvalue weighted by atomic mass is 32.1. The predicted molar refractivity (Wildman–Crippen MR) is 114 cm³/mol. The van der Waals surface area contributed by atoms with Gasteiger partial charge in [-0.15, -0.1) is 0 Å². The second-order valence-electron chi connectivity index (χ2n) is 6.85. The molecule has 0 radical (unpaired) electrons. The van der Waals surface area contributed by atoms with E-state index < -0.39 is 5.97 Å². The fourth-order valence-corrected chi connectivity index (χ4v) is 4.21. The molecule has 0 unspecified atom stereocenters. The Morgan fingerprint density at radius 1 is 0.967 bits per heavy atom. The zero-order valence-electron chi connectivity index (χ0n) is 15.9. The molecule has 3 aromatic carbocycles. The van der Waals surface area contributed by atoms with E-state index in [1.165, 1.54) is 23.5 Å². The molecule has 0 aliphatic rings. The lowest BCUT2D eigenvalue weighted by molar-refractivity contribution is 0.0697. The predicted octanol–water partition coefficient (Wildman–Crippen LogP) is 5.52. The second-order valence-corrected chi connectivity index (χ2v) is 7.83. The van der Waals surface area contributed by atoms with Crippen molar-refractivity contribution in [1.29, 1.82) is 0 Å². The third kappa shape index (κ3) is 4.31. The van der Waals surface area contributed by atoms with Gasteiger partial charge in [-0.1, -0.05) is 47.7 Å². The third-order valence-electron chi connectivity index (χ3n) is 4.81. The quantitative estimate of drug-likeness (QED) is 0.424. The molecule has 0 saturated carbocycles. The largest absolute Gasteiger partial charge is 0.478 e. The van der Waals surface area contributed by atoms with Crippen molar-refractivity contribution in [2.45, 2.75) is 13.0 Å². The van der Waals surface area contributed by atoms with Gasteiger partial charge in [0, 0.05) is 13.1 Å². The van der Waals surface area contributed by atoms with E-state index in [1.54, 1.807) is 54.6 Å². The monoisotopic (exact) mass is 424 g/mol. The van der Waals surface area contributed by atoms with Gasteiger partial charge < -0.3 is 10.0 Å². The van der Waals surface area contributed by atoms with Crippen molar-refractivity contribution in [3.05, 3.63) is 95.1 Å². The number of rotatable bonds is 7. The molecule has 1 N–H and O–H groups in total. The van der Waals surface area contributed by atoms with Crippen LogP contribution in [0.3, 0.4) is 0 Å². The van der Waals surface area contributed by atoms with Crippen LogP contribution in [-0.2, 0) is 13.0 Å². The summed E-state index contributed by atoms with van der Waals surface area (Å²) in [4.78, 5) is 17.6. The van der Waals surface area contributed by atoms with Crippen molar-refractivity contribution in [1.82, 2.24) is 4.98 Å². The van der Waals surface area contributed by atoms with Crippen molar-refractivity contribution in [2.24, 2.45) is 0 Å². The standard InChI is InChI=1S/C23H18F2N2O2S/c24-18-5-2-1-4-16(18)12-13-27(14-15-8-10-17(11-9-15)22(28)29)23-26-20-7-3-6-19(25)21(20)30-23/h1-11H,12-14H2,(H,28,29). The summed E-state index contributed by atoms with van der Waals surface area (Å²) < 4.78 is 28.7. The minimum absolute atomic E-state index is 0.207. The Hall–Kier alpha value is -3.32. The molecule has 30 heavy (non-hydrogen) atoms. The third-order valence-corrected chi connectivity index (χ3v) is 5.95. The lowest BCUT2D eigenvalue weighted by Gasteiger charge is -2.22. The second kappa shape index (κ2) is 8.59. The van der Waals surface area contributed by atoms with Gasteiger partial charge in [0.05, 0.1) is 15.8 Å². The number of halogens is 2. The van der Waals surface area contributed by atoms with Crippen LogP contribution in [0.5, 0.6) is 0 Å². The molecule has 0 spiro atoms. The van der Waals surface area contributed by atoms with E-state index >= 15 is 0 Å². The van der Waals surface area contributed by atoms with Crippen molar-refractivity contribution in [3.63, 3.8) is 0 Å². The summed E-state index contributed by atoms with van der Waals surface area (Å²) in [6.07, 6.45) is 0.457. The Labute approximate surface area is 176 Å². The maximum Gasteiger partial charge on any atom is 0.335 e. The Kier molecular flexibility index (Phi) is 5.72. The smallest absolute Gasteiger partial charge is 0.335 e. The van der Waals surface area contributed by atoms with Gasteiger partial charge in [0.1, 0.15) is 11.6 Å². The lowest BCUT2D eigenvalue weighted by Crippen LogP contribution is -2.25. The van der Waals surface area contributed by atoms with Crippen LogP contribution in [0.4, 0.5) is 13.9 Å². The van der Waals surface area contributed by atoms with Crippen LogP contribution in [0, 0.1) is 11.6 Å². The maximum atomic E-state index is 14.2. The number of hydrogen-bond donors (Lipinski definition) is 1. The summed E-state index contributed by atoms with van der Waals surface area (Å²) in [6, 6.07) is 18.0. The van der Waals surface area contributed by atoms with Crippen LogP contribution in [0.15, 0.2) is 66.7 Å². The number of anilines is 1. The molecule has 4 aromatic rings. The van der Waals surface area contributed by atoms with E-state index in [2.05, 4.69) is 4.98 Å². The number of nitrogens with zero attached hydrogens (tertiary/aromatic N) is 2. The van der Waals surface area contributed by atoms with E-state index in [0.717, 1.165) is 5.56 Å². The molecule has 1 heterocycles. The highest BCUT2D eigenvalue weighted by molar-refractivity contribution is 7.22. The minimum atomic E-state index is -0.986. The van der Waals surface area contributed by atoms with Gasteiger partial charge in [-0.25, -0.2) is 18.6 Å². The van der Waals surface area contributed by atoms with E-state index in [4.69, 9.17) is 5.11 Å². The Balaban J connectivity index is 1.63. The minimum Gasteiger partial charge on any atom is -0.478 e. The van der Waals surface area contributed by atoms with Gasteiger partial charge in [0.2, 0.25) is 0 Å². The fraction of sp³-hybridized carbons (Fsp3) is 0.130. The van der Waals surface area contributed by atoms with Gasteiger partial charge in [-0.3, -0.25) is 0 Å². The average Bonchev–Trinajstić information content (AvgIpc) is 3.18. The van der Waals surface area contributed by atoms with Gasteiger partial charge >= 0.3 is 5.97 Å². The first-order valence-electron chi connectivity index (χ1n) is 9.37. The number of carbonyl (C=O) groups is 1. The summed E-state index contributed by atoms with van der Waals surface area (Å²) >= 11 is 1.25. The number of hydrogen-bond acceptors (Lipinski definition) is 4. The molecule has 0 atom stereocenters. The summed E-state index contributed by atoms with van der Waals surface area (Å²) in [5.74, 6) is -1.57. The first kappa shape index (κ1) is 20.0. The number of carboxylic acid groups (broad SMARTS) is 1. The zero-order chi connectivity index (χ0) is 21.1. The van der Waals surface area contributed by atoms with E-state index in [9.17, 15) is 13.6 Å². The Bertz CT molecular complexity index is 1190. The highest BCUT2D eigenvalue weighted by Gasteiger charge is 2.16. The molecule has 0 saturated heterocycles. The van der Waals surface area contributed by atoms with Crippen LogP contribution in [-0.4, -0.2) is 22.6 Å². The van der Waals surface area contributed by atoms with Crippen LogP contribution in [0.25, 0.3) is 10.2 Å². The van der Waals surface area contributed by atoms with Crippen LogP contribution >= 0.6 is 11.3 Å². The number of thiazole rings is 1. The summed E-state index contributed by atoms with van der Waals surface area (Å²) in [7, 11) is 0. The van der Waals surface area contributed by atoms with E-state index in [0.29, 0.717) is 40.4 Å². The Morgan fingerprint density at radius 3 is 2.40 bits per heavy atom. The number of aromatic carboxylic acids is 1. The van der Waals surface area contributed by atoms with Crippen LogP contribution < -0.4 is 4.90 Å². The fourth-order valence-electron chi connectivity index (χ4n) is 3.21. The molecular weight excluding hydrogens is 406 g/mol. The van der Waals surface area contributed by atoms with Crippen molar-refractivity contribution >= 4 is 32.7 Å². The van der Waals surface area contributed by atoms with Gasteiger partial charge in [0.15, 0.2) is 5.13 Å². The molecule has 152 valence electrons. The van der Waals surface area contributed by atoms with E-state index in [-0.39, 0.29) is 17.2 Å². The van der Waals surface area contributed by atoms with Crippen molar-refractivity contribution in [2.75, 3.05) is 11.4 Å². The van der Waals surface area contributed by atoms with Crippen molar-refractivity contribution in [3.8, 4) is 0 Å². The number of benzene rings is 3. The first-order valence-corrected chi connectivity index (χ1v) is 10.2. The van der Waals surface area contributed by atoms with Gasteiger partial charge in [-0.2, -0.15) is 0 Å². The van der Waals surface area contributed by atoms with Crippen LogP contribution in [0.1, 0.15) is 21.5 Å². The number of aromatic nitrogens is 1. The SMILES string of the molecule is O=C(O)c1ccc(CN(CCc2ccccc2F)c2nc3cccc(F)c3s2)cc1. The molecule has 7 heteroatoms. The van der Waals surface area contributed by atoms with E-state index in [1.807, 2.05) is 4.90 Å². The zero-order valence-corrected chi connectivity index (χ0v) is 16.7. The molecule has 4 rings (SSSR count). The molecule has 0 fully saturated rings. The molecule has 0 bridgehead atoms. The molecule has 4 nitrogen and oxygen atoms in total. The van der Waals surface area contributed by atoms with Crippen molar-refractivity contribution < 1.29 is 18.7 Å². The lowest BCUT2D eigenvalue weighted by atomic mass is 10.1. The average molecular weight is 424 g/mol.